The van der Waals surface area contributed by atoms with E-state index >= 15 is 0 Å². The van der Waals surface area contributed by atoms with Gasteiger partial charge in [-0.2, -0.15) is 0 Å². The fourth-order valence-corrected chi connectivity index (χ4v) is 4.69. The summed E-state index contributed by atoms with van der Waals surface area (Å²) in [5, 5.41) is 0.804. The molecule has 4 aromatic heterocycles. The van der Waals surface area contributed by atoms with Crippen LogP contribution in [0.25, 0.3) is 15.9 Å². The van der Waals surface area contributed by atoms with Crippen molar-refractivity contribution in [3.05, 3.63) is 57.3 Å². The van der Waals surface area contributed by atoms with Gasteiger partial charge in [0.05, 0.1) is 29.6 Å². The lowest BCUT2D eigenvalue weighted by Crippen LogP contribution is -2.21. The molecule has 0 fully saturated rings. The Kier molecular flexibility index (Phi) is 2.81. The van der Waals surface area contributed by atoms with Gasteiger partial charge in [0.15, 0.2) is 5.65 Å². The number of hydrogen-bond acceptors (Lipinski definition) is 5. The van der Waals surface area contributed by atoms with Crippen LogP contribution in [0, 0.1) is 0 Å². The van der Waals surface area contributed by atoms with Gasteiger partial charge in [-0.05, 0) is 37.0 Å². The molecule has 0 amide bonds. The van der Waals surface area contributed by atoms with Gasteiger partial charge in [-0.1, -0.05) is 0 Å². The first-order chi connectivity index (χ1) is 11.7. The summed E-state index contributed by atoms with van der Waals surface area (Å²) in [6, 6.07) is 3.70. The van der Waals surface area contributed by atoms with Gasteiger partial charge in [0, 0.05) is 17.3 Å². The second-order valence-corrected chi connectivity index (χ2v) is 7.23. The quantitative estimate of drug-likeness (QED) is 0.608. The normalized spacial score (nSPS) is 13.8. The fraction of sp³-hybridized carbons (Fsp3) is 0.235. The van der Waals surface area contributed by atoms with Crippen LogP contribution < -0.4 is 11.3 Å². The summed E-state index contributed by atoms with van der Waals surface area (Å²) < 4.78 is 3.52. The van der Waals surface area contributed by atoms with Crippen LogP contribution in [0.2, 0.25) is 0 Å². The van der Waals surface area contributed by atoms with Crippen LogP contribution in [0.1, 0.15) is 22.6 Å². The van der Waals surface area contributed by atoms with Crippen LogP contribution in [0.3, 0.4) is 0 Å². The molecule has 0 saturated heterocycles. The largest absolute Gasteiger partial charge is 0.396 e. The number of pyridine rings is 1. The summed E-state index contributed by atoms with van der Waals surface area (Å²) in [6.45, 7) is 0.396. The van der Waals surface area contributed by atoms with Gasteiger partial charge >= 0.3 is 0 Å². The number of nitrogen functional groups attached to an aromatic ring is 1. The Balaban J connectivity index is 1.62. The zero-order chi connectivity index (χ0) is 16.3. The number of nitrogens with zero attached hydrogens (tertiary/aromatic N) is 4. The van der Waals surface area contributed by atoms with Crippen LogP contribution in [-0.4, -0.2) is 18.9 Å². The number of thiophene rings is 1. The van der Waals surface area contributed by atoms with E-state index in [0.717, 1.165) is 35.2 Å². The molecule has 0 spiro atoms. The first kappa shape index (κ1) is 13.7. The number of hydrogen-bond donors (Lipinski definition) is 1. The molecule has 0 saturated carbocycles. The molecule has 5 rings (SSSR count). The number of rotatable bonds is 2. The van der Waals surface area contributed by atoms with Crippen molar-refractivity contribution >= 4 is 32.9 Å². The number of fused-ring (bicyclic) bond motifs is 4. The highest BCUT2D eigenvalue weighted by atomic mass is 32.1. The predicted octanol–water partition coefficient (Wildman–Crippen LogP) is 2.22. The van der Waals surface area contributed by atoms with E-state index in [0.29, 0.717) is 17.9 Å². The third kappa shape index (κ3) is 1.91. The summed E-state index contributed by atoms with van der Waals surface area (Å²) in [4.78, 5) is 24.1. The maximum absolute atomic E-state index is 12.9. The van der Waals surface area contributed by atoms with Crippen molar-refractivity contribution in [3.8, 4) is 0 Å². The highest BCUT2D eigenvalue weighted by molar-refractivity contribution is 7.18. The molecule has 4 heterocycles. The molecule has 6 nitrogen and oxygen atoms in total. The number of imidazole rings is 1. The SMILES string of the molecule is Nc1cccn2cc(Cn3cnc4sc5c(c4c3=O)CCC5)nc12. The summed E-state index contributed by atoms with van der Waals surface area (Å²) >= 11 is 1.66. The Morgan fingerprint density at radius 3 is 3.12 bits per heavy atom. The van der Waals surface area contributed by atoms with Crippen molar-refractivity contribution in [1.29, 1.82) is 0 Å². The van der Waals surface area contributed by atoms with E-state index < -0.39 is 0 Å². The predicted molar refractivity (Wildman–Crippen MR) is 94.6 cm³/mol. The van der Waals surface area contributed by atoms with Gasteiger partial charge in [-0.25, -0.2) is 9.97 Å². The van der Waals surface area contributed by atoms with Crippen LogP contribution in [0.15, 0.2) is 35.6 Å². The molecule has 120 valence electrons. The van der Waals surface area contributed by atoms with Crippen LogP contribution in [-0.2, 0) is 19.4 Å². The number of aryl methyl sites for hydroxylation is 2. The highest BCUT2D eigenvalue weighted by Crippen LogP contribution is 2.34. The summed E-state index contributed by atoms with van der Waals surface area (Å²) in [5.41, 5.74) is 9.33. The molecule has 24 heavy (non-hydrogen) atoms. The molecule has 0 aromatic carbocycles. The van der Waals surface area contributed by atoms with E-state index in [1.165, 1.54) is 10.4 Å². The summed E-state index contributed by atoms with van der Waals surface area (Å²) in [6.07, 6.45) is 8.63. The Hall–Kier alpha value is -2.67. The summed E-state index contributed by atoms with van der Waals surface area (Å²) in [7, 11) is 0. The van der Waals surface area contributed by atoms with Crippen molar-refractivity contribution in [3.63, 3.8) is 0 Å². The van der Waals surface area contributed by atoms with Crippen LogP contribution >= 0.6 is 11.3 Å². The van der Waals surface area contributed by atoms with E-state index in [1.807, 2.05) is 28.9 Å². The van der Waals surface area contributed by atoms with E-state index in [4.69, 9.17) is 5.73 Å². The Morgan fingerprint density at radius 1 is 1.33 bits per heavy atom. The smallest absolute Gasteiger partial charge is 0.262 e. The van der Waals surface area contributed by atoms with Crippen molar-refractivity contribution in [1.82, 2.24) is 18.9 Å². The van der Waals surface area contributed by atoms with E-state index in [2.05, 4.69) is 9.97 Å². The molecule has 0 radical (unpaired) electrons. The number of nitrogens with two attached hydrogens (primary N) is 1. The molecule has 7 heteroatoms. The molecule has 0 bridgehead atoms. The van der Waals surface area contributed by atoms with Crippen molar-refractivity contribution in [2.75, 3.05) is 5.73 Å². The molecular formula is C17H15N5OS. The minimum Gasteiger partial charge on any atom is -0.396 e. The van der Waals surface area contributed by atoms with Crippen molar-refractivity contribution < 1.29 is 0 Å². The number of aromatic nitrogens is 4. The average Bonchev–Trinajstić information content (AvgIpc) is 3.24. The van der Waals surface area contributed by atoms with Crippen LogP contribution in [0.4, 0.5) is 5.69 Å². The summed E-state index contributed by atoms with van der Waals surface area (Å²) in [5.74, 6) is 0. The third-order valence-corrected chi connectivity index (χ3v) is 5.79. The highest BCUT2D eigenvalue weighted by Gasteiger charge is 2.21. The topological polar surface area (TPSA) is 78.2 Å². The van der Waals surface area contributed by atoms with E-state index in [-0.39, 0.29) is 5.56 Å². The maximum atomic E-state index is 12.9. The molecular weight excluding hydrogens is 322 g/mol. The van der Waals surface area contributed by atoms with Crippen LogP contribution in [0.5, 0.6) is 0 Å². The van der Waals surface area contributed by atoms with Gasteiger partial charge in [-0.15, -0.1) is 11.3 Å². The monoisotopic (exact) mass is 337 g/mol. The molecule has 4 aromatic rings. The molecule has 0 unspecified atom stereocenters. The lowest BCUT2D eigenvalue weighted by molar-refractivity contribution is 0.734. The number of anilines is 1. The molecule has 1 aliphatic carbocycles. The molecule has 2 N–H and O–H groups in total. The Bertz CT molecular complexity index is 1150. The van der Waals surface area contributed by atoms with E-state index in [9.17, 15) is 4.79 Å². The first-order valence-electron chi connectivity index (χ1n) is 7.92. The van der Waals surface area contributed by atoms with Gasteiger partial charge in [0.2, 0.25) is 0 Å². The van der Waals surface area contributed by atoms with Gasteiger partial charge in [0.25, 0.3) is 5.56 Å². The van der Waals surface area contributed by atoms with Crippen molar-refractivity contribution in [2.45, 2.75) is 25.8 Å². The zero-order valence-corrected chi connectivity index (χ0v) is 13.7. The average molecular weight is 337 g/mol. The molecule has 0 atom stereocenters. The molecule has 1 aliphatic rings. The lowest BCUT2D eigenvalue weighted by atomic mass is 10.2. The van der Waals surface area contributed by atoms with Crippen molar-refractivity contribution in [2.24, 2.45) is 0 Å². The minimum atomic E-state index is 0.0319. The zero-order valence-electron chi connectivity index (χ0n) is 12.9. The maximum Gasteiger partial charge on any atom is 0.262 e. The van der Waals surface area contributed by atoms with Gasteiger partial charge in [-0.3, -0.25) is 9.36 Å². The van der Waals surface area contributed by atoms with Gasteiger partial charge < -0.3 is 10.1 Å². The Labute approximate surface area is 141 Å². The second kappa shape index (κ2) is 4.91. The fourth-order valence-electron chi connectivity index (χ4n) is 3.47. The lowest BCUT2D eigenvalue weighted by Gasteiger charge is -2.03. The van der Waals surface area contributed by atoms with Gasteiger partial charge in [0.1, 0.15) is 4.83 Å². The van der Waals surface area contributed by atoms with E-state index in [1.54, 1.807) is 22.2 Å². The first-order valence-corrected chi connectivity index (χ1v) is 8.74. The minimum absolute atomic E-state index is 0.0319. The third-order valence-electron chi connectivity index (χ3n) is 4.59. The second-order valence-electron chi connectivity index (χ2n) is 6.14. The standard InChI is InChI=1S/C17H15N5OS/c18-12-4-2-6-21-7-10(20-15(12)21)8-22-9-19-16-14(17(22)23)11-3-1-5-13(11)24-16/h2,4,6-7,9H,1,3,5,8,18H2. The Morgan fingerprint density at radius 2 is 2.25 bits per heavy atom. The molecule has 0 aliphatic heterocycles.